The molecule has 3 nitrogen and oxygen atoms in total. The lowest BCUT2D eigenvalue weighted by molar-refractivity contribution is 0.169. The second kappa shape index (κ2) is 6.15. The van der Waals surface area contributed by atoms with Gasteiger partial charge in [0.2, 0.25) is 0 Å². The van der Waals surface area contributed by atoms with Crippen LogP contribution in [0, 0.1) is 0 Å². The lowest BCUT2D eigenvalue weighted by Gasteiger charge is -2.27. The first-order valence-electron chi connectivity index (χ1n) is 6.36. The number of rotatable bonds is 4. The third-order valence-electron chi connectivity index (χ3n) is 3.41. The Balaban J connectivity index is 2.05. The summed E-state index contributed by atoms with van der Waals surface area (Å²) in [5, 5.41) is 9.86. The van der Waals surface area contributed by atoms with Crippen LogP contribution in [-0.2, 0) is 6.54 Å². The number of halogens is 1. The monoisotopic (exact) mass is 312 g/mol. The third-order valence-corrected chi connectivity index (χ3v) is 4.19. The van der Waals surface area contributed by atoms with Crippen molar-refractivity contribution in [1.82, 2.24) is 9.80 Å². The molecule has 0 spiro atoms. The Morgan fingerprint density at radius 3 is 2.78 bits per heavy atom. The summed E-state index contributed by atoms with van der Waals surface area (Å²) >= 11 is 3.59. The smallest absolute Gasteiger partial charge is 0.0682 e. The maximum Gasteiger partial charge on any atom is 0.0682 e. The highest BCUT2D eigenvalue weighted by molar-refractivity contribution is 9.10. The number of β-amino-alcohol motifs (C(OH)–C–C–N with tert-alkyl or cyclic N) is 1. The number of aliphatic hydroxyl groups is 1. The molecule has 1 fully saturated rings. The van der Waals surface area contributed by atoms with E-state index in [9.17, 15) is 5.11 Å². The second-order valence-corrected chi connectivity index (χ2v) is 6.18. The van der Waals surface area contributed by atoms with Crippen LogP contribution in [0.2, 0.25) is 0 Å². The van der Waals surface area contributed by atoms with Gasteiger partial charge in [0.15, 0.2) is 0 Å². The maximum atomic E-state index is 9.86. The fraction of sp³-hybridized carbons (Fsp3) is 0.571. The quantitative estimate of drug-likeness (QED) is 0.920. The molecule has 2 rings (SSSR count). The largest absolute Gasteiger partial charge is 0.392 e. The molecule has 0 amide bonds. The van der Waals surface area contributed by atoms with Gasteiger partial charge in [0.05, 0.1) is 6.10 Å². The fourth-order valence-electron chi connectivity index (χ4n) is 2.61. The summed E-state index contributed by atoms with van der Waals surface area (Å²) in [6.07, 6.45) is 0.695. The van der Waals surface area contributed by atoms with Crippen molar-refractivity contribution in [1.29, 1.82) is 0 Å². The Hall–Kier alpha value is -0.420. The van der Waals surface area contributed by atoms with Gasteiger partial charge >= 0.3 is 0 Å². The number of nitrogens with zero attached hydrogens (tertiary/aromatic N) is 2. The number of hydrogen-bond acceptors (Lipinski definition) is 3. The van der Waals surface area contributed by atoms with Gasteiger partial charge in [-0.2, -0.15) is 0 Å². The first-order chi connectivity index (χ1) is 8.56. The number of likely N-dealkylation sites (N-methyl/N-ethyl adjacent to an activating group) is 1. The fourth-order valence-corrected chi connectivity index (χ4v) is 3.02. The highest BCUT2D eigenvalue weighted by Crippen LogP contribution is 2.24. The SMILES string of the molecule is CN(C)CC1CC(O)CN1Cc1ccccc1Br. The zero-order chi connectivity index (χ0) is 13.1. The first kappa shape index (κ1) is 14.0. The topological polar surface area (TPSA) is 26.7 Å². The molecular weight excluding hydrogens is 292 g/mol. The minimum Gasteiger partial charge on any atom is -0.392 e. The molecule has 0 aromatic heterocycles. The van der Waals surface area contributed by atoms with Gasteiger partial charge in [-0.1, -0.05) is 34.1 Å². The van der Waals surface area contributed by atoms with E-state index >= 15 is 0 Å². The number of likely N-dealkylation sites (tertiary alicyclic amines) is 1. The number of benzene rings is 1. The van der Waals surface area contributed by atoms with Crippen molar-refractivity contribution in [3.63, 3.8) is 0 Å². The van der Waals surface area contributed by atoms with Crippen LogP contribution >= 0.6 is 15.9 Å². The summed E-state index contributed by atoms with van der Waals surface area (Å²) in [4.78, 5) is 4.57. The molecule has 4 heteroatoms. The minimum absolute atomic E-state index is 0.183. The lowest BCUT2D eigenvalue weighted by Crippen LogP contribution is -2.37. The van der Waals surface area contributed by atoms with Crippen molar-refractivity contribution in [2.75, 3.05) is 27.2 Å². The van der Waals surface area contributed by atoms with Crippen molar-refractivity contribution < 1.29 is 5.11 Å². The van der Waals surface area contributed by atoms with Crippen LogP contribution in [0.4, 0.5) is 0 Å². The Bertz CT molecular complexity index is 397. The molecule has 1 aromatic rings. The Morgan fingerprint density at radius 2 is 2.11 bits per heavy atom. The van der Waals surface area contributed by atoms with Crippen LogP contribution in [0.5, 0.6) is 0 Å². The summed E-state index contributed by atoms with van der Waals surface area (Å²) in [6, 6.07) is 8.75. The Labute approximate surface area is 118 Å². The minimum atomic E-state index is -0.183. The van der Waals surface area contributed by atoms with Crippen molar-refractivity contribution in [3.05, 3.63) is 34.3 Å². The zero-order valence-electron chi connectivity index (χ0n) is 11.0. The van der Waals surface area contributed by atoms with Crippen LogP contribution < -0.4 is 0 Å². The van der Waals surface area contributed by atoms with E-state index in [1.807, 2.05) is 6.07 Å². The molecule has 100 valence electrons. The van der Waals surface area contributed by atoms with Gasteiger partial charge in [-0.15, -0.1) is 0 Å². The van der Waals surface area contributed by atoms with E-state index in [1.54, 1.807) is 0 Å². The molecule has 18 heavy (non-hydrogen) atoms. The molecule has 1 heterocycles. The molecule has 1 aliphatic heterocycles. The van der Waals surface area contributed by atoms with E-state index in [0.717, 1.165) is 30.5 Å². The summed E-state index contributed by atoms with van der Waals surface area (Å²) < 4.78 is 1.15. The van der Waals surface area contributed by atoms with Gasteiger partial charge in [-0.05, 0) is 32.1 Å². The molecule has 2 atom stereocenters. The van der Waals surface area contributed by atoms with Crippen LogP contribution in [0.25, 0.3) is 0 Å². The lowest BCUT2D eigenvalue weighted by atomic mass is 10.1. The molecule has 0 saturated carbocycles. The van der Waals surface area contributed by atoms with Crippen LogP contribution in [0.1, 0.15) is 12.0 Å². The van der Waals surface area contributed by atoms with E-state index in [4.69, 9.17) is 0 Å². The molecule has 1 saturated heterocycles. The molecule has 1 aromatic carbocycles. The standard InChI is InChI=1S/C14H21BrN2O/c1-16(2)9-12-7-13(18)10-17(12)8-11-5-3-4-6-14(11)15/h3-6,12-13,18H,7-10H2,1-2H3. The van der Waals surface area contributed by atoms with Crippen molar-refractivity contribution in [3.8, 4) is 0 Å². The van der Waals surface area contributed by atoms with Gasteiger partial charge in [-0.25, -0.2) is 0 Å². The molecular formula is C14H21BrN2O. The molecule has 0 aliphatic carbocycles. The predicted molar refractivity (Wildman–Crippen MR) is 77.5 cm³/mol. The van der Waals surface area contributed by atoms with E-state index in [0.29, 0.717) is 6.04 Å². The zero-order valence-corrected chi connectivity index (χ0v) is 12.6. The van der Waals surface area contributed by atoms with Gasteiger partial charge in [0, 0.05) is 30.1 Å². The normalized spacial score (nSPS) is 24.9. The average Bonchev–Trinajstić information content (AvgIpc) is 2.61. The Kier molecular flexibility index (Phi) is 4.78. The van der Waals surface area contributed by atoms with Crippen LogP contribution in [0.3, 0.4) is 0 Å². The predicted octanol–water partition coefficient (Wildman–Crippen LogP) is 1.95. The van der Waals surface area contributed by atoms with Gasteiger partial charge < -0.3 is 10.0 Å². The van der Waals surface area contributed by atoms with Crippen LogP contribution in [-0.4, -0.2) is 54.2 Å². The first-order valence-corrected chi connectivity index (χ1v) is 7.16. The summed E-state index contributed by atoms with van der Waals surface area (Å²) in [5.74, 6) is 0. The van der Waals surface area contributed by atoms with Crippen molar-refractivity contribution >= 4 is 15.9 Å². The van der Waals surface area contributed by atoms with Gasteiger partial charge in [0.25, 0.3) is 0 Å². The van der Waals surface area contributed by atoms with E-state index in [1.165, 1.54) is 5.56 Å². The molecule has 1 aliphatic rings. The van der Waals surface area contributed by atoms with Gasteiger partial charge in [-0.3, -0.25) is 4.90 Å². The highest BCUT2D eigenvalue weighted by atomic mass is 79.9. The molecule has 2 unspecified atom stereocenters. The van der Waals surface area contributed by atoms with E-state index in [-0.39, 0.29) is 6.10 Å². The molecule has 0 bridgehead atoms. The average molecular weight is 313 g/mol. The number of aliphatic hydroxyl groups excluding tert-OH is 1. The number of hydrogen-bond donors (Lipinski definition) is 1. The summed E-state index contributed by atoms with van der Waals surface area (Å²) in [6.45, 7) is 2.68. The summed E-state index contributed by atoms with van der Waals surface area (Å²) in [5.41, 5.74) is 1.29. The molecule has 0 radical (unpaired) electrons. The summed E-state index contributed by atoms with van der Waals surface area (Å²) in [7, 11) is 4.17. The second-order valence-electron chi connectivity index (χ2n) is 5.33. The van der Waals surface area contributed by atoms with E-state index in [2.05, 4.69) is 58.0 Å². The van der Waals surface area contributed by atoms with E-state index < -0.39 is 0 Å². The molecule has 1 N–H and O–H groups in total. The Morgan fingerprint density at radius 1 is 1.39 bits per heavy atom. The third kappa shape index (κ3) is 3.54. The van der Waals surface area contributed by atoms with Crippen LogP contribution in [0.15, 0.2) is 28.7 Å². The van der Waals surface area contributed by atoms with Gasteiger partial charge in [0.1, 0.15) is 0 Å². The maximum absolute atomic E-state index is 9.86. The van der Waals surface area contributed by atoms with Crippen molar-refractivity contribution in [2.45, 2.75) is 25.1 Å². The van der Waals surface area contributed by atoms with Crippen molar-refractivity contribution in [2.24, 2.45) is 0 Å². The highest BCUT2D eigenvalue weighted by Gasteiger charge is 2.31.